The van der Waals surface area contributed by atoms with Gasteiger partial charge in [0.2, 0.25) is 0 Å². The van der Waals surface area contributed by atoms with Crippen LogP contribution in [0.2, 0.25) is 0 Å². The Morgan fingerprint density at radius 3 is 2.50 bits per heavy atom. The van der Waals surface area contributed by atoms with Gasteiger partial charge in [0.15, 0.2) is 0 Å². The zero-order valence-electron chi connectivity index (χ0n) is 11.2. The molecule has 102 valence electrons. The highest BCUT2D eigenvalue weighted by Gasteiger charge is 2.54. The van der Waals surface area contributed by atoms with Crippen molar-refractivity contribution in [3.63, 3.8) is 0 Å². The maximum atomic E-state index is 11.9. The summed E-state index contributed by atoms with van der Waals surface area (Å²) in [7, 11) is 0. The number of nitrogens with one attached hydrogen (secondary N) is 1. The van der Waals surface area contributed by atoms with Crippen LogP contribution >= 0.6 is 0 Å². The van der Waals surface area contributed by atoms with Gasteiger partial charge in [-0.25, -0.2) is 0 Å². The van der Waals surface area contributed by atoms with Gasteiger partial charge in [0, 0.05) is 18.6 Å². The Balaban J connectivity index is 1.76. The van der Waals surface area contributed by atoms with E-state index in [4.69, 9.17) is 0 Å². The topological polar surface area (TPSA) is 52.6 Å². The van der Waals surface area contributed by atoms with Gasteiger partial charge in [-0.1, -0.05) is 0 Å². The third-order valence-electron chi connectivity index (χ3n) is 4.84. The average molecular weight is 252 g/mol. The molecule has 0 aromatic carbocycles. The van der Waals surface area contributed by atoms with Gasteiger partial charge in [0.25, 0.3) is 0 Å². The predicted octanol–water partition coefficient (Wildman–Crippen LogP) is 1.46. The number of hydrogen-bond donors (Lipinski definition) is 2. The van der Waals surface area contributed by atoms with Crippen LogP contribution in [0.4, 0.5) is 0 Å². The van der Waals surface area contributed by atoms with E-state index in [1.165, 1.54) is 12.8 Å². The summed E-state index contributed by atoms with van der Waals surface area (Å²) in [6.07, 6.45) is 6.88. The molecule has 2 saturated carbocycles. The van der Waals surface area contributed by atoms with Crippen molar-refractivity contribution in [3.8, 4) is 0 Å². The van der Waals surface area contributed by atoms with Crippen LogP contribution in [-0.2, 0) is 4.79 Å². The molecule has 1 aliphatic heterocycles. The van der Waals surface area contributed by atoms with E-state index in [0.717, 1.165) is 32.2 Å². The Bertz CT molecular complexity index is 339. The van der Waals surface area contributed by atoms with Crippen molar-refractivity contribution in [3.05, 3.63) is 0 Å². The molecule has 2 unspecified atom stereocenters. The number of nitrogens with zero attached hydrogens (tertiary/aromatic N) is 1. The molecular formula is C14H24N2O2. The fourth-order valence-electron chi connectivity index (χ4n) is 3.31. The molecule has 3 rings (SSSR count). The lowest BCUT2D eigenvalue weighted by Gasteiger charge is -2.36. The summed E-state index contributed by atoms with van der Waals surface area (Å²) in [6.45, 7) is 3.99. The van der Waals surface area contributed by atoms with Crippen molar-refractivity contribution in [2.45, 2.75) is 63.1 Å². The SMILES string of the molecule is CC1CCCN1CC(NC1CC1)(C(=O)O)C1CC1. The molecule has 0 radical (unpaired) electrons. The molecule has 2 aliphatic carbocycles. The zero-order chi connectivity index (χ0) is 12.8. The summed E-state index contributed by atoms with van der Waals surface area (Å²) in [6, 6.07) is 1.00. The van der Waals surface area contributed by atoms with E-state index in [2.05, 4.69) is 17.1 Å². The molecule has 4 nitrogen and oxygen atoms in total. The van der Waals surface area contributed by atoms with Crippen LogP contribution in [0.25, 0.3) is 0 Å². The van der Waals surface area contributed by atoms with E-state index in [9.17, 15) is 9.90 Å². The minimum absolute atomic E-state index is 0.350. The molecule has 1 saturated heterocycles. The maximum Gasteiger partial charge on any atom is 0.325 e. The lowest BCUT2D eigenvalue weighted by Crippen LogP contribution is -2.61. The van der Waals surface area contributed by atoms with Gasteiger partial charge in [0.1, 0.15) is 5.54 Å². The minimum Gasteiger partial charge on any atom is -0.480 e. The summed E-state index contributed by atoms with van der Waals surface area (Å²) >= 11 is 0. The van der Waals surface area contributed by atoms with Crippen LogP contribution in [0, 0.1) is 5.92 Å². The lowest BCUT2D eigenvalue weighted by atomic mass is 9.91. The van der Waals surface area contributed by atoms with Gasteiger partial charge >= 0.3 is 5.97 Å². The van der Waals surface area contributed by atoms with Gasteiger partial charge in [0.05, 0.1) is 0 Å². The first-order valence-electron chi connectivity index (χ1n) is 7.37. The molecule has 1 heterocycles. The number of carboxylic acids is 1. The van der Waals surface area contributed by atoms with E-state index in [1.54, 1.807) is 0 Å². The maximum absolute atomic E-state index is 11.9. The fourth-order valence-corrected chi connectivity index (χ4v) is 3.31. The molecule has 0 bridgehead atoms. The summed E-state index contributed by atoms with van der Waals surface area (Å²) in [5.41, 5.74) is -0.667. The van der Waals surface area contributed by atoms with Crippen LogP contribution < -0.4 is 5.32 Å². The molecular weight excluding hydrogens is 228 g/mol. The van der Waals surface area contributed by atoms with Crippen LogP contribution in [0.3, 0.4) is 0 Å². The highest BCUT2D eigenvalue weighted by molar-refractivity contribution is 5.80. The molecule has 18 heavy (non-hydrogen) atoms. The Morgan fingerprint density at radius 1 is 1.33 bits per heavy atom. The van der Waals surface area contributed by atoms with Gasteiger partial charge in [-0.2, -0.15) is 0 Å². The Hall–Kier alpha value is -0.610. The lowest BCUT2D eigenvalue weighted by molar-refractivity contribution is -0.147. The summed E-state index contributed by atoms with van der Waals surface area (Å²) in [5.74, 6) is -0.278. The molecule has 4 heteroatoms. The van der Waals surface area contributed by atoms with Crippen molar-refractivity contribution < 1.29 is 9.90 Å². The van der Waals surface area contributed by atoms with Gasteiger partial charge in [-0.05, 0) is 57.9 Å². The predicted molar refractivity (Wildman–Crippen MR) is 69.5 cm³/mol. The zero-order valence-corrected chi connectivity index (χ0v) is 11.2. The van der Waals surface area contributed by atoms with E-state index in [-0.39, 0.29) is 0 Å². The van der Waals surface area contributed by atoms with Crippen LogP contribution in [-0.4, -0.2) is 46.7 Å². The summed E-state index contributed by atoms with van der Waals surface area (Å²) in [5, 5.41) is 13.2. The van der Waals surface area contributed by atoms with Crippen molar-refractivity contribution in [2.75, 3.05) is 13.1 Å². The van der Waals surface area contributed by atoms with Crippen molar-refractivity contribution >= 4 is 5.97 Å². The normalized spacial score (nSPS) is 32.4. The second kappa shape index (κ2) is 4.49. The monoisotopic (exact) mass is 252 g/mol. The van der Waals surface area contributed by atoms with Crippen LogP contribution in [0.1, 0.15) is 45.4 Å². The third-order valence-corrected chi connectivity index (χ3v) is 4.84. The number of carboxylic acid groups (broad SMARTS) is 1. The van der Waals surface area contributed by atoms with Crippen molar-refractivity contribution in [1.82, 2.24) is 10.2 Å². The average Bonchev–Trinajstić information content (AvgIpc) is 3.21. The number of rotatable bonds is 6. The van der Waals surface area contributed by atoms with Gasteiger partial charge in [-0.3, -0.25) is 15.0 Å². The second-order valence-electron chi connectivity index (χ2n) is 6.43. The van der Waals surface area contributed by atoms with E-state index < -0.39 is 11.5 Å². The van der Waals surface area contributed by atoms with Gasteiger partial charge < -0.3 is 5.11 Å². The van der Waals surface area contributed by atoms with Crippen LogP contribution in [0.15, 0.2) is 0 Å². The summed E-state index contributed by atoms with van der Waals surface area (Å²) < 4.78 is 0. The Morgan fingerprint density at radius 2 is 2.06 bits per heavy atom. The fraction of sp³-hybridized carbons (Fsp3) is 0.929. The first-order chi connectivity index (χ1) is 8.62. The molecule has 3 aliphatic rings. The molecule has 3 fully saturated rings. The highest BCUT2D eigenvalue weighted by atomic mass is 16.4. The molecule has 0 aromatic rings. The highest BCUT2D eigenvalue weighted by Crippen LogP contribution is 2.43. The Labute approximate surface area is 109 Å². The van der Waals surface area contributed by atoms with Crippen molar-refractivity contribution in [1.29, 1.82) is 0 Å². The first-order valence-corrected chi connectivity index (χ1v) is 7.37. The number of aliphatic carboxylic acids is 1. The second-order valence-corrected chi connectivity index (χ2v) is 6.43. The number of hydrogen-bond acceptors (Lipinski definition) is 3. The van der Waals surface area contributed by atoms with E-state index in [0.29, 0.717) is 24.5 Å². The first kappa shape index (κ1) is 12.4. The smallest absolute Gasteiger partial charge is 0.325 e. The van der Waals surface area contributed by atoms with Gasteiger partial charge in [-0.15, -0.1) is 0 Å². The summed E-state index contributed by atoms with van der Waals surface area (Å²) in [4.78, 5) is 14.2. The number of carbonyl (C=O) groups is 1. The number of likely N-dealkylation sites (tertiary alicyclic amines) is 1. The van der Waals surface area contributed by atoms with E-state index in [1.807, 2.05) is 0 Å². The molecule has 0 amide bonds. The van der Waals surface area contributed by atoms with E-state index >= 15 is 0 Å². The minimum atomic E-state index is -0.667. The largest absolute Gasteiger partial charge is 0.480 e. The molecule has 0 aromatic heterocycles. The molecule has 2 atom stereocenters. The Kier molecular flexibility index (Phi) is 3.10. The third kappa shape index (κ3) is 2.28. The standard InChI is InChI=1S/C14H24N2O2/c1-10-3-2-8-16(10)9-14(13(17)18,11-4-5-11)15-12-6-7-12/h10-12,15H,2-9H2,1H3,(H,17,18). The van der Waals surface area contributed by atoms with Crippen LogP contribution in [0.5, 0.6) is 0 Å². The molecule has 0 spiro atoms. The quantitative estimate of drug-likeness (QED) is 0.751. The van der Waals surface area contributed by atoms with Crippen molar-refractivity contribution in [2.24, 2.45) is 5.92 Å². The molecule has 2 N–H and O–H groups in total.